The van der Waals surface area contributed by atoms with Crippen molar-refractivity contribution in [2.75, 3.05) is 13.2 Å². The SMILES string of the molecule is CCOC(=O)CNC(=O)c1cccc(C(F)(F)F)c1F. The number of nitrogens with one attached hydrogen (secondary N) is 1. The molecule has 0 aliphatic heterocycles. The third kappa shape index (κ3) is 3.94. The van der Waals surface area contributed by atoms with Crippen molar-refractivity contribution in [2.24, 2.45) is 0 Å². The largest absolute Gasteiger partial charge is 0.465 e. The lowest BCUT2D eigenvalue weighted by molar-refractivity contribution is -0.142. The Balaban J connectivity index is 2.87. The number of ether oxygens (including phenoxy) is 1. The summed E-state index contributed by atoms with van der Waals surface area (Å²) in [5.74, 6) is -3.57. The van der Waals surface area contributed by atoms with Gasteiger partial charge in [0.15, 0.2) is 0 Å². The van der Waals surface area contributed by atoms with Crippen LogP contribution in [0.3, 0.4) is 0 Å². The number of halogens is 4. The van der Waals surface area contributed by atoms with E-state index in [-0.39, 0.29) is 6.61 Å². The molecule has 8 heteroatoms. The van der Waals surface area contributed by atoms with Crippen LogP contribution >= 0.6 is 0 Å². The highest BCUT2D eigenvalue weighted by atomic mass is 19.4. The molecule has 0 unspecified atom stereocenters. The molecule has 0 spiro atoms. The topological polar surface area (TPSA) is 55.4 Å². The molecule has 0 heterocycles. The smallest absolute Gasteiger partial charge is 0.419 e. The summed E-state index contributed by atoms with van der Waals surface area (Å²) in [6.45, 7) is 1.08. The Hall–Kier alpha value is -2.12. The average molecular weight is 293 g/mol. The summed E-state index contributed by atoms with van der Waals surface area (Å²) in [4.78, 5) is 22.5. The highest BCUT2D eigenvalue weighted by Crippen LogP contribution is 2.32. The van der Waals surface area contributed by atoms with Crippen molar-refractivity contribution in [3.8, 4) is 0 Å². The van der Waals surface area contributed by atoms with Crippen LogP contribution in [0, 0.1) is 5.82 Å². The zero-order valence-corrected chi connectivity index (χ0v) is 10.4. The van der Waals surface area contributed by atoms with Gasteiger partial charge >= 0.3 is 12.1 Å². The highest BCUT2D eigenvalue weighted by molar-refractivity contribution is 5.96. The van der Waals surface area contributed by atoms with Gasteiger partial charge in [-0.25, -0.2) is 4.39 Å². The number of carbonyl (C=O) groups is 2. The van der Waals surface area contributed by atoms with Crippen LogP contribution in [-0.2, 0) is 15.7 Å². The summed E-state index contributed by atoms with van der Waals surface area (Å²) in [7, 11) is 0. The summed E-state index contributed by atoms with van der Waals surface area (Å²) in [5.41, 5.74) is -2.33. The van der Waals surface area contributed by atoms with E-state index < -0.39 is 41.5 Å². The fraction of sp³-hybridized carbons (Fsp3) is 0.333. The normalized spacial score (nSPS) is 11.1. The minimum atomic E-state index is -4.90. The maximum absolute atomic E-state index is 13.6. The molecule has 20 heavy (non-hydrogen) atoms. The summed E-state index contributed by atoms with van der Waals surface area (Å²) in [6, 6.07) is 2.33. The minimum absolute atomic E-state index is 0.0899. The van der Waals surface area contributed by atoms with Crippen molar-refractivity contribution >= 4 is 11.9 Å². The molecule has 0 bridgehead atoms. The van der Waals surface area contributed by atoms with Crippen LogP contribution in [0.25, 0.3) is 0 Å². The van der Waals surface area contributed by atoms with E-state index in [9.17, 15) is 27.2 Å². The Bertz CT molecular complexity index is 514. The van der Waals surface area contributed by atoms with Crippen molar-refractivity contribution in [1.82, 2.24) is 5.32 Å². The van der Waals surface area contributed by atoms with E-state index in [1.165, 1.54) is 0 Å². The number of hydrogen-bond donors (Lipinski definition) is 1. The molecule has 110 valence electrons. The second-order valence-electron chi connectivity index (χ2n) is 3.65. The molecule has 1 N–H and O–H groups in total. The molecular formula is C12H11F4NO3. The van der Waals surface area contributed by atoms with Crippen molar-refractivity contribution in [1.29, 1.82) is 0 Å². The molecule has 0 atom stereocenters. The van der Waals surface area contributed by atoms with E-state index >= 15 is 0 Å². The predicted molar refractivity (Wildman–Crippen MR) is 60.4 cm³/mol. The van der Waals surface area contributed by atoms with Gasteiger partial charge in [0.2, 0.25) is 0 Å². The third-order valence-corrected chi connectivity index (χ3v) is 2.25. The Kier molecular flexibility index (Phi) is 5.06. The van der Waals surface area contributed by atoms with Crippen molar-refractivity contribution in [2.45, 2.75) is 13.1 Å². The standard InChI is InChI=1S/C12H11F4NO3/c1-2-20-9(18)6-17-11(19)7-4-3-5-8(10(7)13)12(14,15)16/h3-5H,2,6H2,1H3,(H,17,19). The van der Waals surface area contributed by atoms with Crippen molar-refractivity contribution in [3.63, 3.8) is 0 Å². The molecule has 1 aromatic carbocycles. The van der Waals surface area contributed by atoms with Gasteiger partial charge in [0.1, 0.15) is 12.4 Å². The number of carbonyl (C=O) groups excluding carboxylic acids is 2. The molecule has 0 saturated carbocycles. The number of benzene rings is 1. The van der Waals surface area contributed by atoms with Gasteiger partial charge in [0.25, 0.3) is 5.91 Å². The third-order valence-electron chi connectivity index (χ3n) is 2.25. The lowest BCUT2D eigenvalue weighted by Crippen LogP contribution is -2.31. The Morgan fingerprint density at radius 1 is 1.30 bits per heavy atom. The van der Waals surface area contributed by atoms with E-state index in [0.717, 1.165) is 12.1 Å². The van der Waals surface area contributed by atoms with E-state index in [1.807, 2.05) is 5.32 Å². The maximum atomic E-state index is 13.6. The molecule has 4 nitrogen and oxygen atoms in total. The molecule has 0 fully saturated rings. The van der Waals surface area contributed by atoms with Crippen molar-refractivity contribution < 1.29 is 31.9 Å². The number of esters is 1. The number of amides is 1. The summed E-state index contributed by atoms with van der Waals surface area (Å²) in [5, 5.41) is 1.98. The maximum Gasteiger partial charge on any atom is 0.419 e. The van der Waals surface area contributed by atoms with Gasteiger partial charge in [-0.2, -0.15) is 13.2 Å². The molecule has 0 aromatic heterocycles. The van der Waals surface area contributed by atoms with Crippen LogP contribution in [0.1, 0.15) is 22.8 Å². The molecule has 1 amide bonds. The van der Waals surface area contributed by atoms with Gasteiger partial charge in [-0.05, 0) is 19.1 Å². The molecule has 1 aromatic rings. The molecule has 1 rings (SSSR count). The summed E-state index contributed by atoms with van der Waals surface area (Å²) < 4.78 is 55.5. The van der Waals surface area contributed by atoms with E-state index in [0.29, 0.717) is 6.07 Å². The van der Waals surface area contributed by atoms with Gasteiger partial charge < -0.3 is 10.1 Å². The minimum Gasteiger partial charge on any atom is -0.465 e. The van der Waals surface area contributed by atoms with Crippen LogP contribution < -0.4 is 5.32 Å². The van der Waals surface area contributed by atoms with Crippen LogP contribution in [0.15, 0.2) is 18.2 Å². The lowest BCUT2D eigenvalue weighted by Gasteiger charge is -2.11. The zero-order valence-electron chi connectivity index (χ0n) is 10.4. The van der Waals surface area contributed by atoms with Gasteiger partial charge in [0, 0.05) is 0 Å². The van der Waals surface area contributed by atoms with Gasteiger partial charge in [-0.1, -0.05) is 6.07 Å². The number of hydrogen-bond acceptors (Lipinski definition) is 3. The predicted octanol–water partition coefficient (Wildman–Crippen LogP) is 2.14. The first kappa shape index (κ1) is 15.9. The first-order chi connectivity index (χ1) is 9.27. The van der Waals surface area contributed by atoms with Crippen LogP contribution in [0.5, 0.6) is 0 Å². The van der Waals surface area contributed by atoms with E-state index in [2.05, 4.69) is 4.74 Å². The van der Waals surface area contributed by atoms with Gasteiger partial charge in [0.05, 0.1) is 17.7 Å². The van der Waals surface area contributed by atoms with Crippen LogP contribution in [0.2, 0.25) is 0 Å². The number of rotatable bonds is 4. The highest BCUT2D eigenvalue weighted by Gasteiger charge is 2.35. The van der Waals surface area contributed by atoms with E-state index in [1.54, 1.807) is 6.92 Å². The lowest BCUT2D eigenvalue weighted by atomic mass is 10.1. The molecule has 0 saturated heterocycles. The van der Waals surface area contributed by atoms with Crippen LogP contribution in [0.4, 0.5) is 17.6 Å². The van der Waals surface area contributed by atoms with Gasteiger partial charge in [-0.3, -0.25) is 9.59 Å². The van der Waals surface area contributed by atoms with Crippen molar-refractivity contribution in [3.05, 3.63) is 35.1 Å². The Labute approximate surface area is 111 Å². The quantitative estimate of drug-likeness (QED) is 0.683. The Morgan fingerprint density at radius 3 is 2.50 bits per heavy atom. The second kappa shape index (κ2) is 6.36. The molecule has 0 radical (unpaired) electrons. The molecule has 0 aliphatic rings. The average Bonchev–Trinajstić information content (AvgIpc) is 2.35. The fourth-order valence-electron chi connectivity index (χ4n) is 1.39. The van der Waals surface area contributed by atoms with Gasteiger partial charge in [-0.15, -0.1) is 0 Å². The summed E-state index contributed by atoms with van der Waals surface area (Å²) in [6.07, 6.45) is -4.90. The first-order valence-corrected chi connectivity index (χ1v) is 5.57. The molecular weight excluding hydrogens is 282 g/mol. The summed E-state index contributed by atoms with van der Waals surface area (Å²) >= 11 is 0. The number of alkyl halides is 3. The molecule has 0 aliphatic carbocycles. The fourth-order valence-corrected chi connectivity index (χ4v) is 1.39. The second-order valence-corrected chi connectivity index (χ2v) is 3.65. The van der Waals surface area contributed by atoms with Crippen LogP contribution in [-0.4, -0.2) is 25.0 Å². The van der Waals surface area contributed by atoms with E-state index in [4.69, 9.17) is 0 Å². The zero-order chi connectivity index (χ0) is 15.3. The monoisotopic (exact) mass is 293 g/mol. The first-order valence-electron chi connectivity index (χ1n) is 5.57. The Morgan fingerprint density at radius 2 is 1.95 bits per heavy atom.